The molecule has 3 aliphatic carbocycles. The highest BCUT2D eigenvalue weighted by molar-refractivity contribution is 6.66. The number of fused-ring (bicyclic) bond motifs is 5. The van der Waals surface area contributed by atoms with Crippen molar-refractivity contribution in [1.29, 1.82) is 0 Å². The van der Waals surface area contributed by atoms with Gasteiger partial charge in [0.05, 0.1) is 5.56 Å². The molecule has 156 valence electrons. The van der Waals surface area contributed by atoms with E-state index in [1.165, 1.54) is 11.1 Å². The van der Waals surface area contributed by atoms with E-state index in [-0.39, 0.29) is 5.41 Å². The van der Waals surface area contributed by atoms with Gasteiger partial charge in [-0.3, -0.25) is 4.79 Å². The minimum atomic E-state index is -2.09. The Morgan fingerprint density at radius 1 is 1.28 bits per heavy atom. The minimum Gasteiger partial charge on any atom is -0.411 e. The van der Waals surface area contributed by atoms with Crippen LogP contribution in [0, 0.1) is 17.3 Å². The number of carbonyl (C=O) groups is 2. The van der Waals surface area contributed by atoms with E-state index in [1.54, 1.807) is 12.1 Å². The van der Waals surface area contributed by atoms with E-state index in [2.05, 4.69) is 13.5 Å². The molecule has 0 aliphatic heterocycles. The van der Waals surface area contributed by atoms with Gasteiger partial charge in [-0.05, 0) is 114 Å². The summed E-state index contributed by atoms with van der Waals surface area (Å²) in [6, 6.07) is 3.85. The summed E-state index contributed by atoms with van der Waals surface area (Å²) in [7, 11) is 0. The van der Waals surface area contributed by atoms with E-state index in [1.807, 2.05) is 6.07 Å². The summed E-state index contributed by atoms with van der Waals surface area (Å²) in [5.74, 6) is 1.25. The number of rotatable bonds is 3. The van der Waals surface area contributed by atoms with E-state index in [0.717, 1.165) is 44.1 Å². The lowest BCUT2D eigenvalue weighted by Crippen LogP contribution is -2.42. The van der Waals surface area contributed by atoms with Gasteiger partial charge in [0.15, 0.2) is 0 Å². The monoisotopic (exact) mass is 454 g/mol. The zero-order valence-electron chi connectivity index (χ0n) is 16.5. The molecule has 4 atom stereocenters. The summed E-state index contributed by atoms with van der Waals surface area (Å²) in [4.78, 5) is 25.1. The topological polar surface area (TPSA) is 43.4 Å². The van der Waals surface area contributed by atoms with E-state index in [9.17, 15) is 9.59 Å². The Morgan fingerprint density at radius 3 is 2.72 bits per heavy atom. The Balaban J connectivity index is 1.71. The van der Waals surface area contributed by atoms with Crippen molar-refractivity contribution in [3.63, 3.8) is 0 Å². The first-order valence-corrected chi connectivity index (χ1v) is 11.4. The van der Waals surface area contributed by atoms with Crippen LogP contribution >= 0.6 is 34.8 Å². The molecule has 0 N–H and O–H groups in total. The Hall–Kier alpha value is -1.03. The smallest absolute Gasteiger partial charge is 0.341 e. The number of ketones is 1. The highest BCUT2D eigenvalue weighted by Gasteiger charge is 2.54. The number of allylic oxidation sites excluding steroid dienone is 1. The van der Waals surface area contributed by atoms with Crippen LogP contribution in [0.2, 0.25) is 0 Å². The first-order chi connectivity index (χ1) is 13.7. The summed E-state index contributed by atoms with van der Waals surface area (Å²) in [5, 5.41) is 0. The average Bonchev–Trinajstić information content (AvgIpc) is 2.95. The quantitative estimate of drug-likeness (QED) is 0.304. The Kier molecular flexibility index (Phi) is 5.55. The molecule has 0 saturated heterocycles. The van der Waals surface area contributed by atoms with E-state index in [0.29, 0.717) is 35.5 Å². The molecule has 29 heavy (non-hydrogen) atoms. The molecule has 0 aromatic heterocycles. The fourth-order valence-corrected chi connectivity index (χ4v) is 6.45. The van der Waals surface area contributed by atoms with Crippen LogP contribution in [-0.2, 0) is 22.4 Å². The lowest BCUT2D eigenvalue weighted by atomic mass is 9.55. The van der Waals surface area contributed by atoms with Crippen molar-refractivity contribution >= 4 is 46.6 Å². The summed E-state index contributed by atoms with van der Waals surface area (Å²) in [6.07, 6.45) is 7.98. The summed E-state index contributed by atoms with van der Waals surface area (Å²) >= 11 is 17.0. The second-order valence-electron chi connectivity index (χ2n) is 8.82. The molecule has 1 aromatic rings. The number of benzene rings is 1. The van der Waals surface area contributed by atoms with Crippen molar-refractivity contribution in [2.24, 2.45) is 17.3 Å². The molecule has 0 bridgehead atoms. The van der Waals surface area contributed by atoms with Crippen LogP contribution in [0.15, 0.2) is 24.8 Å². The van der Waals surface area contributed by atoms with Crippen molar-refractivity contribution in [3.05, 3.63) is 47.0 Å². The van der Waals surface area contributed by atoms with Gasteiger partial charge in [0.1, 0.15) is 5.78 Å². The molecule has 3 aliphatic rings. The van der Waals surface area contributed by atoms with Gasteiger partial charge in [0, 0.05) is 11.8 Å². The number of Topliss-reactive ketones (excluding diaryl/α,β-unsaturated/α-hetero) is 1. The largest absolute Gasteiger partial charge is 0.411 e. The van der Waals surface area contributed by atoms with Crippen LogP contribution < -0.4 is 0 Å². The van der Waals surface area contributed by atoms with Crippen molar-refractivity contribution in [2.75, 3.05) is 0 Å². The predicted molar refractivity (Wildman–Crippen MR) is 116 cm³/mol. The maximum Gasteiger partial charge on any atom is 0.341 e. The molecule has 1 aromatic carbocycles. The molecule has 0 amide bonds. The van der Waals surface area contributed by atoms with Crippen LogP contribution in [0.1, 0.15) is 72.0 Å². The molecular weight excluding hydrogens is 431 g/mol. The zero-order chi connectivity index (χ0) is 21.0. The number of ether oxygens (including phenoxy) is 1. The maximum absolute atomic E-state index is 12.6. The molecule has 0 heterocycles. The molecule has 2 saturated carbocycles. The molecule has 4 unspecified atom stereocenters. The van der Waals surface area contributed by atoms with Gasteiger partial charge >= 0.3 is 9.95 Å². The lowest BCUT2D eigenvalue weighted by molar-refractivity contribution is -0.129. The third-order valence-electron chi connectivity index (χ3n) is 7.52. The van der Waals surface area contributed by atoms with Crippen molar-refractivity contribution in [3.8, 4) is 0 Å². The number of hydrogen-bond acceptors (Lipinski definition) is 3. The summed E-state index contributed by atoms with van der Waals surface area (Å²) in [6.45, 7) is 6.03. The van der Waals surface area contributed by atoms with Gasteiger partial charge in [-0.25, -0.2) is 4.79 Å². The van der Waals surface area contributed by atoms with Crippen LogP contribution in [-0.4, -0.2) is 15.7 Å². The van der Waals surface area contributed by atoms with Crippen molar-refractivity contribution in [1.82, 2.24) is 0 Å². The fourth-order valence-electron chi connectivity index (χ4n) is 6.24. The molecule has 0 spiro atoms. The Bertz CT molecular complexity index is 873. The summed E-state index contributed by atoms with van der Waals surface area (Å²) < 4.78 is 2.88. The highest BCUT2D eigenvalue weighted by atomic mass is 35.6. The van der Waals surface area contributed by atoms with Crippen LogP contribution in [0.5, 0.6) is 0 Å². The zero-order valence-corrected chi connectivity index (χ0v) is 18.7. The maximum atomic E-state index is 12.6. The van der Waals surface area contributed by atoms with Gasteiger partial charge in [-0.15, -0.1) is 6.58 Å². The van der Waals surface area contributed by atoms with Gasteiger partial charge in [-0.1, -0.05) is 19.1 Å². The summed E-state index contributed by atoms with van der Waals surface area (Å²) in [5.41, 5.74) is 3.73. The van der Waals surface area contributed by atoms with E-state index in [4.69, 9.17) is 39.5 Å². The normalized spacial score (nSPS) is 30.9. The standard InChI is InChI=1S/C23H25Cl3O3/c1-3-4-13-14-5-7-17-16(11-12-22(2)19(17)9-10-20(22)27)15(14)6-8-18(13)21(28)29-23(24,25)26/h3,6,8,16-17,19H,1,4-5,7,9-12H2,2H3. The number of alkyl halides is 3. The van der Waals surface area contributed by atoms with E-state index < -0.39 is 9.95 Å². The van der Waals surface area contributed by atoms with E-state index >= 15 is 0 Å². The fraction of sp³-hybridized carbons (Fsp3) is 0.565. The number of hydrogen-bond donors (Lipinski definition) is 0. The lowest BCUT2D eigenvalue weighted by Gasteiger charge is -2.48. The SMILES string of the molecule is C=CCc1c(C(=O)OC(Cl)(Cl)Cl)ccc2c1CCC1C2CCC2(C)C(=O)CCC12. The molecule has 2 fully saturated rings. The number of esters is 1. The van der Waals surface area contributed by atoms with Gasteiger partial charge < -0.3 is 4.74 Å². The highest BCUT2D eigenvalue weighted by Crippen LogP contribution is 2.59. The molecular formula is C23H25Cl3O3. The Morgan fingerprint density at radius 2 is 2.03 bits per heavy atom. The number of carbonyl (C=O) groups excluding carboxylic acids is 2. The van der Waals surface area contributed by atoms with Crippen LogP contribution in [0.25, 0.3) is 0 Å². The van der Waals surface area contributed by atoms with Gasteiger partial charge in [0.2, 0.25) is 0 Å². The first-order valence-electron chi connectivity index (χ1n) is 10.2. The van der Waals surface area contributed by atoms with Gasteiger partial charge in [-0.2, -0.15) is 0 Å². The third kappa shape index (κ3) is 3.64. The minimum absolute atomic E-state index is 0.142. The molecule has 6 heteroatoms. The Labute approximate surface area is 186 Å². The average molecular weight is 456 g/mol. The van der Waals surface area contributed by atoms with Crippen LogP contribution in [0.3, 0.4) is 0 Å². The third-order valence-corrected chi connectivity index (χ3v) is 7.75. The first kappa shape index (κ1) is 21.2. The second-order valence-corrected chi connectivity index (χ2v) is 11.0. The molecule has 0 radical (unpaired) electrons. The van der Waals surface area contributed by atoms with Crippen molar-refractivity contribution in [2.45, 2.75) is 61.8 Å². The number of halogens is 3. The molecule has 4 rings (SSSR count). The van der Waals surface area contributed by atoms with Crippen LogP contribution in [0.4, 0.5) is 0 Å². The van der Waals surface area contributed by atoms with Gasteiger partial charge in [0.25, 0.3) is 0 Å². The van der Waals surface area contributed by atoms with Crippen molar-refractivity contribution < 1.29 is 14.3 Å². The second kappa shape index (κ2) is 7.59. The molecule has 3 nitrogen and oxygen atoms in total. The predicted octanol–water partition coefficient (Wildman–Crippen LogP) is 6.32.